The van der Waals surface area contributed by atoms with Crippen LogP contribution in [0.4, 0.5) is 5.69 Å². The molecule has 2 rings (SSSR count). The Morgan fingerprint density at radius 1 is 1.35 bits per heavy atom. The highest BCUT2D eigenvalue weighted by Gasteiger charge is 2.29. The van der Waals surface area contributed by atoms with Gasteiger partial charge in [-0.15, -0.1) is 0 Å². The first-order valence-electron chi connectivity index (χ1n) is 7.08. The maximum atomic E-state index is 10.1. The lowest BCUT2D eigenvalue weighted by Crippen LogP contribution is -2.38. The van der Waals surface area contributed by atoms with Crippen molar-refractivity contribution in [3.63, 3.8) is 0 Å². The van der Waals surface area contributed by atoms with Gasteiger partial charge in [0.1, 0.15) is 18.5 Å². The van der Waals surface area contributed by atoms with Gasteiger partial charge in [-0.2, -0.15) is 0 Å². The van der Waals surface area contributed by atoms with Crippen molar-refractivity contribution in [3.8, 4) is 5.75 Å². The van der Waals surface area contributed by atoms with Crippen LogP contribution in [0.15, 0.2) is 24.3 Å². The van der Waals surface area contributed by atoms with E-state index in [2.05, 4.69) is 4.90 Å². The van der Waals surface area contributed by atoms with Crippen LogP contribution in [0.2, 0.25) is 0 Å². The zero-order valence-electron chi connectivity index (χ0n) is 12.0. The fraction of sp³-hybridized carbons (Fsp3) is 0.600. The molecule has 1 fully saturated rings. The molecule has 0 aliphatic heterocycles. The predicted octanol–water partition coefficient (Wildman–Crippen LogP) is 1.12. The van der Waals surface area contributed by atoms with Gasteiger partial charge in [0.2, 0.25) is 0 Å². The minimum atomic E-state index is -0.495. The minimum absolute atomic E-state index is 0.292. The Balaban J connectivity index is 1.73. The van der Waals surface area contributed by atoms with Crippen molar-refractivity contribution in [3.05, 3.63) is 24.3 Å². The van der Waals surface area contributed by atoms with Crippen LogP contribution in [0.3, 0.4) is 0 Å². The Morgan fingerprint density at radius 3 is 2.65 bits per heavy atom. The van der Waals surface area contributed by atoms with Crippen LogP contribution in [0.5, 0.6) is 5.75 Å². The highest BCUT2D eigenvalue weighted by molar-refractivity contribution is 5.41. The highest BCUT2D eigenvalue weighted by Crippen LogP contribution is 2.26. The molecule has 20 heavy (non-hydrogen) atoms. The Morgan fingerprint density at radius 2 is 2.05 bits per heavy atom. The van der Waals surface area contributed by atoms with E-state index in [4.69, 9.17) is 15.2 Å². The minimum Gasteiger partial charge on any atom is -0.491 e. The molecule has 1 unspecified atom stereocenters. The highest BCUT2D eigenvalue weighted by atomic mass is 16.5. The van der Waals surface area contributed by atoms with Crippen LogP contribution in [-0.4, -0.2) is 55.6 Å². The second kappa shape index (κ2) is 7.47. The summed E-state index contributed by atoms with van der Waals surface area (Å²) in [6.45, 7) is 2.48. The summed E-state index contributed by atoms with van der Waals surface area (Å²) in [5.74, 6) is 0.730. The van der Waals surface area contributed by atoms with Crippen molar-refractivity contribution in [1.29, 1.82) is 0 Å². The third kappa shape index (κ3) is 5.00. The predicted molar refractivity (Wildman–Crippen MR) is 78.8 cm³/mol. The number of ether oxygens (including phenoxy) is 2. The molecule has 0 aromatic heterocycles. The number of hydrogen-bond acceptors (Lipinski definition) is 5. The molecule has 0 spiro atoms. The molecule has 3 N–H and O–H groups in total. The van der Waals surface area contributed by atoms with Gasteiger partial charge in [-0.25, -0.2) is 0 Å². The molecule has 1 aliphatic carbocycles. The summed E-state index contributed by atoms with van der Waals surface area (Å²) in [6.07, 6.45) is 1.94. The number of aliphatic hydroxyl groups is 1. The zero-order chi connectivity index (χ0) is 14.4. The van der Waals surface area contributed by atoms with Crippen LogP contribution in [0.1, 0.15) is 12.8 Å². The smallest absolute Gasteiger partial charge is 0.119 e. The average molecular weight is 280 g/mol. The van der Waals surface area contributed by atoms with Crippen LogP contribution in [-0.2, 0) is 4.74 Å². The van der Waals surface area contributed by atoms with E-state index in [0.29, 0.717) is 31.5 Å². The summed E-state index contributed by atoms with van der Waals surface area (Å²) in [6, 6.07) is 7.81. The molecule has 112 valence electrons. The van der Waals surface area contributed by atoms with E-state index < -0.39 is 6.10 Å². The van der Waals surface area contributed by atoms with Crippen LogP contribution in [0, 0.1) is 0 Å². The quantitative estimate of drug-likeness (QED) is 0.663. The number of aliphatic hydroxyl groups excluding tert-OH is 1. The van der Waals surface area contributed by atoms with Crippen LogP contribution >= 0.6 is 0 Å². The van der Waals surface area contributed by atoms with Crippen molar-refractivity contribution in [2.24, 2.45) is 0 Å². The summed E-state index contributed by atoms with van der Waals surface area (Å²) in [5, 5.41) is 10.1. The van der Waals surface area contributed by atoms with E-state index in [1.54, 1.807) is 19.2 Å². The summed E-state index contributed by atoms with van der Waals surface area (Å²) < 4.78 is 10.7. The molecule has 1 aromatic rings. The first-order valence-corrected chi connectivity index (χ1v) is 7.08. The van der Waals surface area contributed by atoms with E-state index in [1.807, 2.05) is 12.1 Å². The average Bonchev–Trinajstić information content (AvgIpc) is 3.27. The Kier molecular flexibility index (Phi) is 5.64. The third-order valence-electron chi connectivity index (χ3n) is 3.41. The molecule has 5 nitrogen and oxygen atoms in total. The number of anilines is 1. The van der Waals surface area contributed by atoms with Gasteiger partial charge in [0, 0.05) is 31.9 Å². The van der Waals surface area contributed by atoms with Crippen molar-refractivity contribution in [2.75, 3.05) is 39.1 Å². The second-order valence-corrected chi connectivity index (χ2v) is 5.25. The maximum absolute atomic E-state index is 10.1. The molecular weight excluding hydrogens is 256 g/mol. The third-order valence-corrected chi connectivity index (χ3v) is 3.41. The molecule has 0 saturated heterocycles. The largest absolute Gasteiger partial charge is 0.491 e. The van der Waals surface area contributed by atoms with Gasteiger partial charge in [0.15, 0.2) is 0 Å². The molecule has 0 bridgehead atoms. The lowest BCUT2D eigenvalue weighted by molar-refractivity contribution is 0.0540. The van der Waals surface area contributed by atoms with Gasteiger partial charge in [-0.05, 0) is 37.1 Å². The Labute approximate surface area is 120 Å². The van der Waals surface area contributed by atoms with Crippen molar-refractivity contribution < 1.29 is 14.6 Å². The van der Waals surface area contributed by atoms with Gasteiger partial charge >= 0.3 is 0 Å². The van der Waals surface area contributed by atoms with E-state index in [9.17, 15) is 5.11 Å². The van der Waals surface area contributed by atoms with Crippen LogP contribution in [0.25, 0.3) is 0 Å². The van der Waals surface area contributed by atoms with Gasteiger partial charge < -0.3 is 20.3 Å². The first-order chi connectivity index (χ1) is 9.69. The fourth-order valence-corrected chi connectivity index (χ4v) is 2.15. The standard InChI is InChI=1S/C15H24N2O3/c1-19-9-8-17(13-4-5-13)10-14(18)11-20-15-6-2-12(16)3-7-15/h2-3,6-7,13-14,18H,4-5,8-11,16H2,1H3. The summed E-state index contributed by atoms with van der Waals surface area (Å²) in [7, 11) is 1.70. The topological polar surface area (TPSA) is 68.0 Å². The van der Waals surface area contributed by atoms with Crippen molar-refractivity contribution in [1.82, 2.24) is 4.90 Å². The second-order valence-electron chi connectivity index (χ2n) is 5.25. The van der Waals surface area contributed by atoms with Gasteiger partial charge in [0.25, 0.3) is 0 Å². The molecule has 5 heteroatoms. The number of nitrogen functional groups attached to an aromatic ring is 1. The first kappa shape index (κ1) is 15.1. The van der Waals surface area contributed by atoms with E-state index >= 15 is 0 Å². The molecule has 1 aromatic carbocycles. The summed E-state index contributed by atoms with van der Waals surface area (Å²) >= 11 is 0. The van der Waals surface area contributed by atoms with E-state index in [1.165, 1.54) is 12.8 Å². The van der Waals surface area contributed by atoms with E-state index in [-0.39, 0.29) is 0 Å². The van der Waals surface area contributed by atoms with Crippen molar-refractivity contribution >= 4 is 5.69 Å². The van der Waals surface area contributed by atoms with Gasteiger partial charge in [-0.3, -0.25) is 4.90 Å². The fourth-order valence-electron chi connectivity index (χ4n) is 2.15. The maximum Gasteiger partial charge on any atom is 0.119 e. The number of nitrogens with zero attached hydrogens (tertiary/aromatic N) is 1. The lowest BCUT2D eigenvalue weighted by atomic mass is 10.3. The molecule has 1 saturated carbocycles. The Hall–Kier alpha value is -1.30. The van der Waals surface area contributed by atoms with Gasteiger partial charge in [0.05, 0.1) is 6.61 Å². The molecule has 1 aliphatic rings. The molecule has 0 heterocycles. The lowest BCUT2D eigenvalue weighted by Gasteiger charge is -2.24. The monoisotopic (exact) mass is 280 g/mol. The normalized spacial score (nSPS) is 16.4. The summed E-state index contributed by atoms with van der Waals surface area (Å²) in [4.78, 5) is 2.28. The van der Waals surface area contributed by atoms with Crippen molar-refractivity contribution in [2.45, 2.75) is 25.0 Å². The molecule has 1 atom stereocenters. The van der Waals surface area contributed by atoms with E-state index in [0.717, 1.165) is 12.3 Å². The molecule has 0 radical (unpaired) electrons. The number of rotatable bonds is 9. The number of nitrogens with two attached hydrogens (primary N) is 1. The SMILES string of the molecule is COCCN(CC(O)COc1ccc(N)cc1)C1CC1. The molecular formula is C15H24N2O3. The number of benzene rings is 1. The Bertz CT molecular complexity index is 393. The number of methoxy groups -OCH3 is 1. The molecule has 0 amide bonds. The zero-order valence-corrected chi connectivity index (χ0v) is 12.0. The summed E-state index contributed by atoms with van der Waals surface area (Å²) in [5.41, 5.74) is 6.32. The number of hydrogen-bond donors (Lipinski definition) is 2. The van der Waals surface area contributed by atoms with Gasteiger partial charge in [-0.1, -0.05) is 0 Å². The van der Waals surface area contributed by atoms with Crippen LogP contribution < -0.4 is 10.5 Å².